The van der Waals surface area contributed by atoms with Gasteiger partial charge in [-0.1, -0.05) is 34.6 Å². The minimum absolute atomic E-state index is 0.0835. The molecule has 0 saturated heterocycles. The molecule has 0 aromatic rings. The van der Waals surface area contributed by atoms with Crippen LogP contribution in [0.1, 0.15) is 48.0 Å². The second-order valence-electron chi connectivity index (χ2n) is 7.90. The minimum atomic E-state index is -1.20. The third kappa shape index (κ3) is 3.51. The Hall–Kier alpha value is -2.02. The largest absolute Gasteiger partial charge is 0.491 e. The zero-order chi connectivity index (χ0) is 19.1. The summed E-state index contributed by atoms with van der Waals surface area (Å²) in [6.07, 6.45) is -0.237. The van der Waals surface area contributed by atoms with Gasteiger partial charge in [-0.05, 0) is 12.8 Å². The normalized spacial score (nSPS) is 24.2. The van der Waals surface area contributed by atoms with Crippen LogP contribution in [0.5, 0.6) is 0 Å². The van der Waals surface area contributed by atoms with E-state index in [1.165, 1.54) is 12.1 Å². The molecule has 2 rings (SSSR count). The number of hydrazine groups is 1. The Kier molecular flexibility index (Phi) is 5.18. The third-order valence-electron chi connectivity index (χ3n) is 4.18. The molecule has 0 fully saturated rings. The average Bonchev–Trinajstić information content (AvgIpc) is 2.99. The topological polar surface area (TPSA) is 79.3 Å². The van der Waals surface area contributed by atoms with Gasteiger partial charge in [0.2, 0.25) is 6.23 Å². The van der Waals surface area contributed by atoms with Crippen LogP contribution < -0.4 is 0 Å². The summed E-state index contributed by atoms with van der Waals surface area (Å²) in [7, 11) is 1.38. The highest BCUT2D eigenvalue weighted by Crippen LogP contribution is 2.37. The number of Topliss-reactive ketones (excluding diaryl/α,β-unsaturated/α-hetero) is 1. The molecular formula is C18H28N2O5. The Morgan fingerprint density at radius 1 is 1.40 bits per heavy atom. The summed E-state index contributed by atoms with van der Waals surface area (Å²) in [6, 6.07) is 0. The molecule has 1 N–H and O–H groups in total. The van der Waals surface area contributed by atoms with E-state index in [0.29, 0.717) is 17.8 Å². The van der Waals surface area contributed by atoms with Crippen LogP contribution in [0, 0.1) is 11.3 Å². The van der Waals surface area contributed by atoms with Crippen molar-refractivity contribution >= 4 is 11.7 Å². The van der Waals surface area contributed by atoms with Crippen molar-refractivity contribution in [3.05, 3.63) is 23.3 Å². The monoisotopic (exact) mass is 352 g/mol. The van der Waals surface area contributed by atoms with Gasteiger partial charge in [-0.2, -0.15) is 0 Å². The molecule has 7 nitrogen and oxygen atoms in total. The first-order valence-electron chi connectivity index (χ1n) is 8.45. The van der Waals surface area contributed by atoms with E-state index in [0.717, 1.165) is 5.01 Å². The number of ketones is 1. The number of ether oxygens (including phenoxy) is 2. The van der Waals surface area contributed by atoms with E-state index in [9.17, 15) is 14.7 Å². The number of methoxy groups -OCH3 is 1. The summed E-state index contributed by atoms with van der Waals surface area (Å²) in [5, 5.41) is 13.0. The molecule has 2 aliphatic heterocycles. The lowest BCUT2D eigenvalue weighted by atomic mass is 9.94. The molecule has 2 unspecified atom stereocenters. The van der Waals surface area contributed by atoms with Crippen molar-refractivity contribution in [3.63, 3.8) is 0 Å². The molecule has 0 spiro atoms. The molecular weight excluding hydrogens is 324 g/mol. The van der Waals surface area contributed by atoms with Crippen LogP contribution in [-0.4, -0.2) is 46.4 Å². The second kappa shape index (κ2) is 6.71. The van der Waals surface area contributed by atoms with Crippen LogP contribution >= 0.6 is 0 Å². The van der Waals surface area contributed by atoms with E-state index in [-0.39, 0.29) is 22.9 Å². The number of carbonyl (C=O) groups is 2. The molecule has 0 aromatic heterocycles. The van der Waals surface area contributed by atoms with Crippen molar-refractivity contribution in [2.75, 3.05) is 7.11 Å². The molecule has 140 valence electrons. The summed E-state index contributed by atoms with van der Waals surface area (Å²) >= 11 is 0. The number of aliphatic hydroxyl groups excluding tert-OH is 1. The molecule has 0 radical (unpaired) electrons. The smallest absolute Gasteiger partial charge is 0.310 e. The lowest BCUT2D eigenvalue weighted by molar-refractivity contribution is -0.177. The number of aliphatic hydroxyl groups is 1. The molecule has 0 saturated carbocycles. The van der Waals surface area contributed by atoms with Gasteiger partial charge in [-0.3, -0.25) is 9.59 Å². The van der Waals surface area contributed by atoms with Crippen LogP contribution in [0.2, 0.25) is 0 Å². The van der Waals surface area contributed by atoms with Crippen LogP contribution in [-0.2, 0) is 19.1 Å². The molecule has 0 aliphatic carbocycles. The lowest BCUT2D eigenvalue weighted by Gasteiger charge is -2.34. The van der Waals surface area contributed by atoms with Crippen molar-refractivity contribution < 1.29 is 24.2 Å². The lowest BCUT2D eigenvalue weighted by Crippen LogP contribution is -2.52. The number of carbonyl (C=O) groups excluding carboxylic acids is 2. The summed E-state index contributed by atoms with van der Waals surface area (Å²) in [5.74, 6) is 0.183. The highest BCUT2D eigenvalue weighted by atomic mass is 16.5. The van der Waals surface area contributed by atoms with Gasteiger partial charge in [0.1, 0.15) is 5.76 Å². The van der Waals surface area contributed by atoms with E-state index in [1.807, 2.05) is 34.6 Å². The number of hydrogen-bond donors (Lipinski definition) is 1. The third-order valence-corrected chi connectivity index (χ3v) is 4.18. The van der Waals surface area contributed by atoms with Crippen LogP contribution in [0.3, 0.4) is 0 Å². The predicted octanol–water partition coefficient (Wildman–Crippen LogP) is 2.14. The first-order valence-corrected chi connectivity index (χ1v) is 8.45. The highest BCUT2D eigenvalue weighted by Gasteiger charge is 2.47. The number of amides is 1. The fourth-order valence-electron chi connectivity index (χ4n) is 2.82. The fraction of sp³-hybridized carbons (Fsp3) is 0.667. The van der Waals surface area contributed by atoms with E-state index < -0.39 is 18.4 Å². The van der Waals surface area contributed by atoms with Gasteiger partial charge in [0, 0.05) is 17.4 Å². The van der Waals surface area contributed by atoms with Crippen molar-refractivity contribution in [3.8, 4) is 0 Å². The molecule has 1 amide bonds. The zero-order valence-corrected chi connectivity index (χ0v) is 16.0. The summed E-state index contributed by atoms with van der Waals surface area (Å²) in [5.41, 5.74) is 0.0611. The Bertz CT molecular complexity index is 630. The van der Waals surface area contributed by atoms with Gasteiger partial charge in [0.25, 0.3) is 0 Å². The summed E-state index contributed by atoms with van der Waals surface area (Å²) in [6.45, 7) is 11.4. The summed E-state index contributed by atoms with van der Waals surface area (Å²) in [4.78, 5) is 25.3. The molecule has 2 heterocycles. The van der Waals surface area contributed by atoms with Crippen molar-refractivity contribution in [2.24, 2.45) is 11.3 Å². The van der Waals surface area contributed by atoms with E-state index in [2.05, 4.69) is 0 Å². The van der Waals surface area contributed by atoms with Crippen molar-refractivity contribution in [1.29, 1.82) is 0 Å². The Morgan fingerprint density at radius 2 is 2.00 bits per heavy atom. The quantitative estimate of drug-likeness (QED) is 0.817. The zero-order valence-electron chi connectivity index (χ0n) is 16.0. The molecule has 0 aromatic carbocycles. The molecule has 0 bridgehead atoms. The van der Waals surface area contributed by atoms with Crippen LogP contribution in [0.25, 0.3) is 0 Å². The molecule has 7 heteroatoms. The SMILES string of the molecule is COC1=C(C)C(O)N(N2C=C(C(C)(C)C)OC2C(=O)CC(C)C)C1=O. The van der Waals surface area contributed by atoms with Gasteiger partial charge in [0.05, 0.1) is 13.3 Å². The highest BCUT2D eigenvalue weighted by molar-refractivity contribution is 5.95. The van der Waals surface area contributed by atoms with Gasteiger partial charge in [-0.15, -0.1) is 0 Å². The average molecular weight is 352 g/mol. The molecule has 2 atom stereocenters. The van der Waals surface area contributed by atoms with E-state index >= 15 is 0 Å². The summed E-state index contributed by atoms with van der Waals surface area (Å²) < 4.78 is 11.0. The molecule has 25 heavy (non-hydrogen) atoms. The maximum absolute atomic E-state index is 12.7. The Balaban J connectivity index is 2.38. The standard InChI is InChI=1S/C18H28N2O5/c1-10(2)8-12(21)17-19(9-13(25-17)18(4,5)6)20-15(22)11(3)14(24-7)16(20)23/h9-10,15,17,22H,8H2,1-7H3. The van der Waals surface area contributed by atoms with Gasteiger partial charge < -0.3 is 14.6 Å². The number of rotatable bonds is 5. The predicted molar refractivity (Wildman–Crippen MR) is 91.3 cm³/mol. The number of allylic oxidation sites excluding steroid dienone is 1. The van der Waals surface area contributed by atoms with Crippen LogP contribution in [0.4, 0.5) is 0 Å². The molecule has 2 aliphatic rings. The van der Waals surface area contributed by atoms with Crippen LogP contribution in [0.15, 0.2) is 23.3 Å². The first-order chi connectivity index (χ1) is 11.5. The fourth-order valence-corrected chi connectivity index (χ4v) is 2.82. The van der Waals surface area contributed by atoms with E-state index in [1.54, 1.807) is 13.1 Å². The maximum Gasteiger partial charge on any atom is 0.310 e. The minimum Gasteiger partial charge on any atom is -0.491 e. The number of nitrogens with zero attached hydrogens (tertiary/aromatic N) is 2. The van der Waals surface area contributed by atoms with Gasteiger partial charge in [-0.25, -0.2) is 10.0 Å². The second-order valence-corrected chi connectivity index (χ2v) is 7.90. The van der Waals surface area contributed by atoms with Gasteiger partial charge >= 0.3 is 5.91 Å². The van der Waals surface area contributed by atoms with Crippen molar-refractivity contribution in [2.45, 2.75) is 60.4 Å². The van der Waals surface area contributed by atoms with Gasteiger partial charge in [0.15, 0.2) is 17.8 Å². The number of hydrogen-bond acceptors (Lipinski definition) is 6. The van der Waals surface area contributed by atoms with E-state index in [4.69, 9.17) is 9.47 Å². The Morgan fingerprint density at radius 3 is 2.44 bits per heavy atom. The maximum atomic E-state index is 12.7. The Labute approximate surface area is 148 Å². The first kappa shape index (κ1) is 19.3. The van der Waals surface area contributed by atoms with Crippen molar-refractivity contribution in [1.82, 2.24) is 10.0 Å².